The second-order valence-corrected chi connectivity index (χ2v) is 7.84. The first kappa shape index (κ1) is 22.8. The smallest absolute Gasteiger partial charge is 0.234 e. The molecule has 3 rings (SSSR count). The summed E-state index contributed by atoms with van der Waals surface area (Å²) < 4.78 is 18.2. The summed E-state index contributed by atoms with van der Waals surface area (Å²) in [4.78, 5) is 12.5. The van der Waals surface area contributed by atoms with E-state index in [9.17, 15) is 4.79 Å². The van der Waals surface area contributed by atoms with Gasteiger partial charge >= 0.3 is 0 Å². The van der Waals surface area contributed by atoms with Gasteiger partial charge < -0.3 is 24.1 Å². The average molecular weight is 463 g/mol. The summed E-state index contributed by atoms with van der Waals surface area (Å²) in [5, 5.41) is 12.3. The Morgan fingerprint density at radius 2 is 1.94 bits per heavy atom. The average Bonchev–Trinajstić information content (AvgIpc) is 3.14. The largest absolute Gasteiger partial charge is 0.497 e. The van der Waals surface area contributed by atoms with Gasteiger partial charge in [0.2, 0.25) is 5.91 Å². The van der Waals surface area contributed by atoms with Gasteiger partial charge in [0.25, 0.3) is 0 Å². The monoisotopic (exact) mass is 462 g/mol. The molecule has 3 aromatic rings. The number of halogens is 1. The maximum Gasteiger partial charge on any atom is 0.234 e. The number of ether oxygens (including phenoxy) is 3. The maximum atomic E-state index is 12.5. The summed E-state index contributed by atoms with van der Waals surface area (Å²) in [6.45, 7) is 1.86. The van der Waals surface area contributed by atoms with E-state index >= 15 is 0 Å². The van der Waals surface area contributed by atoms with Gasteiger partial charge in [-0.3, -0.25) is 4.79 Å². The summed E-state index contributed by atoms with van der Waals surface area (Å²) in [6, 6.07) is 12.4. The number of rotatable bonds is 9. The summed E-state index contributed by atoms with van der Waals surface area (Å²) in [7, 11) is 4.93. The first-order chi connectivity index (χ1) is 14.9. The van der Waals surface area contributed by atoms with E-state index in [0.717, 1.165) is 0 Å². The molecule has 10 heteroatoms. The van der Waals surface area contributed by atoms with Crippen LogP contribution in [-0.2, 0) is 11.8 Å². The van der Waals surface area contributed by atoms with Gasteiger partial charge in [-0.05, 0) is 31.2 Å². The third kappa shape index (κ3) is 5.62. The van der Waals surface area contributed by atoms with E-state index in [2.05, 4.69) is 15.5 Å². The van der Waals surface area contributed by atoms with Crippen molar-refractivity contribution in [1.82, 2.24) is 14.8 Å². The van der Waals surface area contributed by atoms with Crippen LogP contribution in [0.3, 0.4) is 0 Å². The van der Waals surface area contributed by atoms with Crippen LogP contribution in [-0.4, -0.2) is 40.6 Å². The molecule has 0 bridgehead atoms. The maximum absolute atomic E-state index is 12.5. The van der Waals surface area contributed by atoms with Crippen LogP contribution in [0.1, 0.15) is 18.9 Å². The predicted molar refractivity (Wildman–Crippen MR) is 120 cm³/mol. The zero-order valence-electron chi connectivity index (χ0n) is 17.6. The molecule has 0 aliphatic rings. The zero-order valence-corrected chi connectivity index (χ0v) is 19.2. The molecular formula is C21H23ClN4O4S. The van der Waals surface area contributed by atoms with Crippen LogP contribution in [0.15, 0.2) is 47.6 Å². The van der Waals surface area contributed by atoms with Crippen molar-refractivity contribution >= 4 is 35.0 Å². The highest BCUT2D eigenvalue weighted by Gasteiger charge is 2.19. The Labute approximate surface area is 189 Å². The third-order valence-electron chi connectivity index (χ3n) is 4.39. The number of amides is 1. The lowest BCUT2D eigenvalue weighted by Gasteiger charge is -2.15. The highest BCUT2D eigenvalue weighted by molar-refractivity contribution is 7.99. The number of nitrogens with one attached hydrogen (secondary N) is 1. The summed E-state index contributed by atoms with van der Waals surface area (Å²) in [5.74, 6) is 2.30. The second-order valence-electron chi connectivity index (χ2n) is 6.49. The van der Waals surface area contributed by atoms with Gasteiger partial charge in [-0.15, -0.1) is 10.2 Å². The van der Waals surface area contributed by atoms with Crippen molar-refractivity contribution in [2.75, 3.05) is 25.3 Å². The Kier molecular flexibility index (Phi) is 7.64. The van der Waals surface area contributed by atoms with Gasteiger partial charge in [-0.2, -0.15) is 0 Å². The topological polar surface area (TPSA) is 87.5 Å². The number of benzene rings is 2. The standard InChI is InChI=1S/C21H23ClN4O4S/c1-13(30-17-8-6-5-7-15(17)22)20-24-25-21(26(20)2)31-12-19(27)23-16-11-14(28-3)9-10-18(16)29-4/h5-11,13H,12H2,1-4H3,(H,23,27). The minimum Gasteiger partial charge on any atom is -0.497 e. The van der Waals surface area contributed by atoms with Gasteiger partial charge in [0, 0.05) is 13.1 Å². The molecule has 0 saturated carbocycles. The fourth-order valence-corrected chi connectivity index (χ4v) is 3.72. The molecule has 0 aliphatic carbocycles. The lowest BCUT2D eigenvalue weighted by molar-refractivity contribution is -0.113. The molecule has 0 radical (unpaired) electrons. The van der Waals surface area contributed by atoms with E-state index in [0.29, 0.717) is 38.9 Å². The van der Waals surface area contributed by atoms with Crippen molar-refractivity contribution in [2.45, 2.75) is 18.2 Å². The number of hydrogen-bond acceptors (Lipinski definition) is 7. The number of nitrogens with zero attached hydrogens (tertiary/aromatic N) is 3. The highest BCUT2D eigenvalue weighted by Crippen LogP contribution is 2.30. The van der Waals surface area contributed by atoms with E-state index in [1.807, 2.05) is 26.1 Å². The number of thioether (sulfide) groups is 1. The number of aromatic nitrogens is 3. The van der Waals surface area contributed by atoms with Crippen LogP contribution < -0.4 is 19.5 Å². The van der Waals surface area contributed by atoms with Crippen LogP contribution in [0, 0.1) is 0 Å². The fraction of sp³-hybridized carbons (Fsp3) is 0.286. The SMILES string of the molecule is COc1ccc(OC)c(NC(=O)CSc2nnc(C(C)Oc3ccccc3Cl)n2C)c1. The number of carbonyl (C=O) groups excluding carboxylic acids is 1. The van der Waals surface area contributed by atoms with Crippen molar-refractivity contribution in [3.05, 3.63) is 53.3 Å². The third-order valence-corrected chi connectivity index (χ3v) is 5.72. The van der Waals surface area contributed by atoms with Crippen molar-refractivity contribution in [3.8, 4) is 17.2 Å². The molecule has 1 amide bonds. The molecule has 8 nitrogen and oxygen atoms in total. The zero-order chi connectivity index (χ0) is 22.4. The Morgan fingerprint density at radius 1 is 1.16 bits per heavy atom. The molecule has 1 N–H and O–H groups in total. The molecule has 31 heavy (non-hydrogen) atoms. The molecule has 0 saturated heterocycles. The molecule has 1 unspecified atom stereocenters. The molecule has 1 aromatic heterocycles. The van der Waals surface area contributed by atoms with E-state index in [4.69, 9.17) is 25.8 Å². The predicted octanol–water partition coefficient (Wildman–Crippen LogP) is 4.36. The summed E-state index contributed by atoms with van der Waals surface area (Å²) in [6.07, 6.45) is -0.373. The lowest BCUT2D eigenvalue weighted by Crippen LogP contribution is -2.15. The Hall–Kier alpha value is -2.91. The van der Waals surface area contributed by atoms with Crippen LogP contribution in [0.4, 0.5) is 5.69 Å². The Balaban J connectivity index is 1.62. The van der Waals surface area contributed by atoms with Gasteiger partial charge in [0.05, 0.1) is 30.7 Å². The van der Waals surface area contributed by atoms with Crippen molar-refractivity contribution in [2.24, 2.45) is 7.05 Å². The quantitative estimate of drug-likeness (QED) is 0.473. The van der Waals surface area contributed by atoms with Gasteiger partial charge in [0.15, 0.2) is 17.1 Å². The van der Waals surface area contributed by atoms with Gasteiger partial charge in [-0.25, -0.2) is 0 Å². The number of hydrogen-bond donors (Lipinski definition) is 1. The number of carbonyl (C=O) groups is 1. The molecule has 0 aliphatic heterocycles. The Morgan fingerprint density at radius 3 is 2.65 bits per heavy atom. The fourth-order valence-electron chi connectivity index (χ4n) is 2.82. The second kappa shape index (κ2) is 10.4. The van der Waals surface area contributed by atoms with Crippen LogP contribution in [0.5, 0.6) is 17.2 Å². The van der Waals surface area contributed by atoms with Crippen LogP contribution in [0.25, 0.3) is 0 Å². The normalized spacial score (nSPS) is 11.6. The number of methoxy groups -OCH3 is 2. The van der Waals surface area contributed by atoms with Crippen molar-refractivity contribution in [1.29, 1.82) is 0 Å². The van der Waals surface area contributed by atoms with Crippen LogP contribution >= 0.6 is 23.4 Å². The lowest BCUT2D eigenvalue weighted by atomic mass is 10.2. The number of para-hydroxylation sites is 1. The number of anilines is 1. The molecule has 1 heterocycles. The highest BCUT2D eigenvalue weighted by atomic mass is 35.5. The van der Waals surface area contributed by atoms with E-state index in [-0.39, 0.29) is 17.8 Å². The molecule has 0 fully saturated rings. The van der Waals surface area contributed by atoms with E-state index in [1.165, 1.54) is 11.8 Å². The minimum absolute atomic E-state index is 0.145. The first-order valence-electron chi connectivity index (χ1n) is 9.38. The minimum atomic E-state index is -0.373. The van der Waals surface area contributed by atoms with Gasteiger partial charge in [0.1, 0.15) is 17.2 Å². The molecule has 164 valence electrons. The molecule has 0 spiro atoms. The van der Waals surface area contributed by atoms with Gasteiger partial charge in [-0.1, -0.05) is 35.5 Å². The molecule has 2 aromatic carbocycles. The summed E-state index contributed by atoms with van der Waals surface area (Å²) >= 11 is 7.43. The molecular weight excluding hydrogens is 440 g/mol. The molecule has 1 atom stereocenters. The van der Waals surface area contributed by atoms with E-state index in [1.54, 1.807) is 49.1 Å². The summed E-state index contributed by atoms with van der Waals surface area (Å²) in [5.41, 5.74) is 0.535. The van der Waals surface area contributed by atoms with Crippen molar-refractivity contribution < 1.29 is 19.0 Å². The van der Waals surface area contributed by atoms with Crippen molar-refractivity contribution in [3.63, 3.8) is 0 Å². The Bertz CT molecular complexity index is 1060. The van der Waals surface area contributed by atoms with Crippen LogP contribution in [0.2, 0.25) is 5.02 Å². The van der Waals surface area contributed by atoms with E-state index < -0.39 is 0 Å². The first-order valence-corrected chi connectivity index (χ1v) is 10.7.